The minimum absolute atomic E-state index is 0.718. The molecule has 84 valence electrons. The molecule has 2 nitrogen and oxygen atoms in total. The van der Waals surface area contributed by atoms with Crippen molar-refractivity contribution in [3.63, 3.8) is 0 Å². The second-order valence-electron chi connectivity index (χ2n) is 3.86. The third-order valence-electron chi connectivity index (χ3n) is 2.47. The predicted octanol–water partition coefficient (Wildman–Crippen LogP) is 1.73. The van der Waals surface area contributed by atoms with E-state index in [0.29, 0.717) is 0 Å². The summed E-state index contributed by atoms with van der Waals surface area (Å²) in [6.45, 7) is 4.86. The van der Waals surface area contributed by atoms with Crippen molar-refractivity contribution in [3.05, 3.63) is 35.4 Å². The first-order valence-electron chi connectivity index (χ1n) is 5.85. The van der Waals surface area contributed by atoms with Gasteiger partial charge in [0.2, 0.25) is 0 Å². The predicted molar refractivity (Wildman–Crippen MR) is 66.1 cm³/mol. The molecule has 0 saturated heterocycles. The van der Waals surface area contributed by atoms with E-state index in [-0.39, 0.29) is 0 Å². The normalized spacial score (nSPS) is 10.5. The first-order chi connectivity index (χ1) is 7.36. The van der Waals surface area contributed by atoms with Gasteiger partial charge in [-0.1, -0.05) is 37.6 Å². The van der Waals surface area contributed by atoms with E-state index in [9.17, 15) is 0 Å². The molecule has 0 atom stereocenters. The number of benzene rings is 1. The van der Waals surface area contributed by atoms with Gasteiger partial charge in [-0.05, 0) is 30.5 Å². The lowest BCUT2D eigenvalue weighted by molar-refractivity contribution is 0.689. The third kappa shape index (κ3) is 4.96. The van der Waals surface area contributed by atoms with Gasteiger partial charge < -0.3 is 11.1 Å². The van der Waals surface area contributed by atoms with Crippen LogP contribution in [0.25, 0.3) is 0 Å². The maximum atomic E-state index is 5.40. The number of hydrogen-bond acceptors (Lipinski definition) is 2. The third-order valence-corrected chi connectivity index (χ3v) is 2.47. The van der Waals surface area contributed by atoms with Crippen molar-refractivity contribution in [2.45, 2.75) is 26.2 Å². The van der Waals surface area contributed by atoms with Gasteiger partial charge in [-0.15, -0.1) is 0 Å². The fraction of sp³-hybridized carbons (Fsp3) is 0.538. The van der Waals surface area contributed by atoms with Crippen LogP contribution < -0.4 is 11.1 Å². The number of nitrogens with one attached hydrogen (secondary N) is 1. The van der Waals surface area contributed by atoms with E-state index in [1.807, 2.05) is 0 Å². The molecule has 0 spiro atoms. The van der Waals surface area contributed by atoms with Crippen molar-refractivity contribution in [2.75, 3.05) is 19.6 Å². The van der Waals surface area contributed by atoms with Crippen LogP contribution in [0.15, 0.2) is 24.3 Å². The Morgan fingerprint density at radius 1 is 1.00 bits per heavy atom. The van der Waals surface area contributed by atoms with Gasteiger partial charge in [-0.25, -0.2) is 0 Å². The van der Waals surface area contributed by atoms with Gasteiger partial charge in [0, 0.05) is 13.1 Å². The van der Waals surface area contributed by atoms with E-state index in [1.165, 1.54) is 24.0 Å². The highest BCUT2D eigenvalue weighted by Crippen LogP contribution is 2.06. The van der Waals surface area contributed by atoms with Crippen LogP contribution in [0.2, 0.25) is 0 Å². The molecule has 15 heavy (non-hydrogen) atoms. The average Bonchev–Trinajstić information content (AvgIpc) is 2.27. The Bertz CT molecular complexity index is 254. The fourth-order valence-corrected chi connectivity index (χ4v) is 1.62. The van der Waals surface area contributed by atoms with Gasteiger partial charge >= 0.3 is 0 Å². The summed E-state index contributed by atoms with van der Waals surface area (Å²) in [5.74, 6) is 0. The molecule has 2 heteroatoms. The lowest BCUT2D eigenvalue weighted by Gasteiger charge is -2.04. The molecule has 0 bridgehead atoms. The summed E-state index contributed by atoms with van der Waals surface area (Å²) in [7, 11) is 0. The van der Waals surface area contributed by atoms with Crippen molar-refractivity contribution in [3.8, 4) is 0 Å². The Kier molecular flexibility index (Phi) is 6.05. The van der Waals surface area contributed by atoms with Crippen molar-refractivity contribution in [1.29, 1.82) is 0 Å². The van der Waals surface area contributed by atoms with Crippen LogP contribution in [-0.2, 0) is 12.8 Å². The van der Waals surface area contributed by atoms with Crippen LogP contribution in [-0.4, -0.2) is 19.6 Å². The summed E-state index contributed by atoms with van der Waals surface area (Å²) < 4.78 is 0. The van der Waals surface area contributed by atoms with E-state index < -0.39 is 0 Å². The zero-order valence-corrected chi connectivity index (χ0v) is 9.63. The molecule has 0 aliphatic carbocycles. The van der Waals surface area contributed by atoms with Crippen LogP contribution in [0.3, 0.4) is 0 Å². The van der Waals surface area contributed by atoms with Crippen LogP contribution >= 0.6 is 0 Å². The molecule has 0 radical (unpaired) electrons. The number of aryl methyl sites for hydroxylation is 1. The first-order valence-corrected chi connectivity index (χ1v) is 5.85. The lowest BCUT2D eigenvalue weighted by Crippen LogP contribution is -2.24. The maximum absolute atomic E-state index is 5.40. The Labute approximate surface area is 92.9 Å². The second kappa shape index (κ2) is 7.43. The van der Waals surface area contributed by atoms with Crippen LogP contribution in [0.1, 0.15) is 24.5 Å². The second-order valence-corrected chi connectivity index (χ2v) is 3.86. The summed E-state index contributed by atoms with van der Waals surface area (Å²) in [6.07, 6.45) is 3.50. The molecule has 1 aromatic rings. The van der Waals surface area contributed by atoms with E-state index >= 15 is 0 Å². The SMILES string of the molecule is CCCc1ccc(CCNCCN)cc1. The summed E-state index contributed by atoms with van der Waals surface area (Å²) in [4.78, 5) is 0. The molecular weight excluding hydrogens is 184 g/mol. The molecular formula is C13H22N2. The van der Waals surface area contributed by atoms with Crippen molar-refractivity contribution in [1.82, 2.24) is 5.32 Å². The molecule has 1 aromatic carbocycles. The molecule has 0 saturated carbocycles. The van der Waals surface area contributed by atoms with Gasteiger partial charge in [0.25, 0.3) is 0 Å². The van der Waals surface area contributed by atoms with Crippen LogP contribution in [0.4, 0.5) is 0 Å². The minimum Gasteiger partial charge on any atom is -0.329 e. The standard InChI is InChI=1S/C13H22N2/c1-2-3-12-4-6-13(7-5-12)8-10-15-11-9-14/h4-7,15H,2-3,8-11,14H2,1H3. The zero-order chi connectivity index (χ0) is 10.9. The van der Waals surface area contributed by atoms with E-state index in [2.05, 4.69) is 36.5 Å². The number of nitrogens with two attached hydrogens (primary N) is 1. The molecule has 0 aliphatic heterocycles. The Morgan fingerprint density at radius 3 is 2.13 bits per heavy atom. The minimum atomic E-state index is 0.718. The Hall–Kier alpha value is -0.860. The zero-order valence-electron chi connectivity index (χ0n) is 9.63. The summed E-state index contributed by atoms with van der Waals surface area (Å²) >= 11 is 0. The highest BCUT2D eigenvalue weighted by atomic mass is 14.9. The molecule has 0 aromatic heterocycles. The quantitative estimate of drug-likeness (QED) is 0.667. The van der Waals surface area contributed by atoms with Gasteiger partial charge in [0.1, 0.15) is 0 Å². The Morgan fingerprint density at radius 2 is 1.60 bits per heavy atom. The molecule has 3 N–H and O–H groups in total. The summed E-state index contributed by atoms with van der Waals surface area (Å²) in [5.41, 5.74) is 8.24. The average molecular weight is 206 g/mol. The smallest absolute Gasteiger partial charge is 0.00746 e. The van der Waals surface area contributed by atoms with Crippen LogP contribution in [0.5, 0.6) is 0 Å². The molecule has 0 fully saturated rings. The monoisotopic (exact) mass is 206 g/mol. The van der Waals surface area contributed by atoms with Gasteiger partial charge in [0.05, 0.1) is 0 Å². The first kappa shape index (κ1) is 12.2. The maximum Gasteiger partial charge on any atom is 0.00746 e. The molecule has 0 unspecified atom stereocenters. The van der Waals surface area contributed by atoms with E-state index in [1.54, 1.807) is 0 Å². The van der Waals surface area contributed by atoms with Gasteiger partial charge in [-0.3, -0.25) is 0 Å². The lowest BCUT2D eigenvalue weighted by atomic mass is 10.1. The molecule has 1 rings (SSSR count). The number of hydrogen-bond donors (Lipinski definition) is 2. The summed E-state index contributed by atoms with van der Waals surface area (Å²) in [6, 6.07) is 8.94. The van der Waals surface area contributed by atoms with E-state index in [0.717, 1.165) is 26.1 Å². The van der Waals surface area contributed by atoms with Crippen molar-refractivity contribution in [2.24, 2.45) is 5.73 Å². The van der Waals surface area contributed by atoms with Gasteiger partial charge in [0.15, 0.2) is 0 Å². The molecule has 0 heterocycles. The van der Waals surface area contributed by atoms with Crippen molar-refractivity contribution < 1.29 is 0 Å². The van der Waals surface area contributed by atoms with Crippen LogP contribution in [0, 0.1) is 0 Å². The Balaban J connectivity index is 2.29. The topological polar surface area (TPSA) is 38.0 Å². The van der Waals surface area contributed by atoms with Gasteiger partial charge in [-0.2, -0.15) is 0 Å². The van der Waals surface area contributed by atoms with E-state index in [4.69, 9.17) is 5.73 Å². The fourth-order valence-electron chi connectivity index (χ4n) is 1.62. The largest absolute Gasteiger partial charge is 0.329 e. The number of rotatable bonds is 7. The summed E-state index contributed by atoms with van der Waals surface area (Å²) in [5, 5.41) is 3.30. The highest BCUT2D eigenvalue weighted by molar-refractivity contribution is 5.22. The molecule has 0 aliphatic rings. The highest BCUT2D eigenvalue weighted by Gasteiger charge is 1.94. The van der Waals surface area contributed by atoms with Crippen molar-refractivity contribution >= 4 is 0 Å². The molecule has 0 amide bonds.